The predicted molar refractivity (Wildman–Crippen MR) is 83.2 cm³/mol. The smallest absolute Gasteiger partial charge is 0.171 e. The minimum atomic E-state index is 0.147. The van der Waals surface area contributed by atoms with Crippen LogP contribution in [0, 0.1) is 6.92 Å². The minimum Gasteiger partial charge on any atom is -0.356 e. The molecule has 0 spiro atoms. The van der Waals surface area contributed by atoms with Crippen molar-refractivity contribution < 1.29 is 0 Å². The molecule has 19 heavy (non-hydrogen) atoms. The number of aromatic nitrogens is 1. The molecule has 2 N–H and O–H groups in total. The molecule has 98 valence electrons. The van der Waals surface area contributed by atoms with E-state index >= 15 is 0 Å². The molecule has 0 radical (unpaired) electrons. The number of nitrogens with zero attached hydrogens (tertiary/aromatic N) is 1. The molecule has 1 aromatic carbocycles. The normalized spacial score (nSPS) is 11.7. The van der Waals surface area contributed by atoms with Gasteiger partial charge in [-0.1, -0.05) is 17.7 Å². The first kappa shape index (κ1) is 13.5. The summed E-state index contributed by atoms with van der Waals surface area (Å²) >= 11 is 5.31. The average molecular weight is 271 g/mol. The van der Waals surface area contributed by atoms with E-state index in [1.807, 2.05) is 24.3 Å². The Hall–Kier alpha value is -1.94. The second-order valence-electron chi connectivity index (χ2n) is 4.47. The van der Waals surface area contributed by atoms with Gasteiger partial charge in [-0.25, -0.2) is 0 Å². The van der Waals surface area contributed by atoms with Gasteiger partial charge in [-0.3, -0.25) is 4.98 Å². The first-order valence-electron chi connectivity index (χ1n) is 6.19. The molecule has 1 atom stereocenters. The maximum Gasteiger partial charge on any atom is 0.171 e. The Labute approximate surface area is 119 Å². The van der Waals surface area contributed by atoms with Crippen LogP contribution in [0.15, 0.2) is 48.8 Å². The zero-order valence-electron chi connectivity index (χ0n) is 11.1. The Bertz CT molecular complexity index is 537. The number of thiocarbonyl (C=S) groups is 1. The molecular formula is C15H17N3S. The number of hydrogen-bond acceptors (Lipinski definition) is 2. The van der Waals surface area contributed by atoms with Crippen LogP contribution in [0.25, 0.3) is 0 Å². The van der Waals surface area contributed by atoms with Crippen molar-refractivity contribution in [3.05, 3.63) is 59.9 Å². The molecule has 0 amide bonds. The highest BCUT2D eigenvalue weighted by Gasteiger charge is 2.06. The predicted octanol–water partition coefficient (Wildman–Crippen LogP) is 3.44. The summed E-state index contributed by atoms with van der Waals surface area (Å²) in [5.74, 6) is 0. The summed E-state index contributed by atoms with van der Waals surface area (Å²) < 4.78 is 0. The van der Waals surface area contributed by atoms with E-state index < -0.39 is 0 Å². The van der Waals surface area contributed by atoms with Crippen molar-refractivity contribution in [3.63, 3.8) is 0 Å². The topological polar surface area (TPSA) is 37.0 Å². The highest BCUT2D eigenvalue weighted by molar-refractivity contribution is 7.80. The average Bonchev–Trinajstić information content (AvgIpc) is 2.42. The van der Waals surface area contributed by atoms with Crippen LogP contribution in [0.4, 0.5) is 5.69 Å². The summed E-state index contributed by atoms with van der Waals surface area (Å²) in [6, 6.07) is 12.2. The number of pyridine rings is 1. The molecule has 0 aliphatic rings. The van der Waals surface area contributed by atoms with Crippen LogP contribution in [-0.4, -0.2) is 10.1 Å². The Balaban J connectivity index is 1.93. The fourth-order valence-electron chi connectivity index (χ4n) is 1.74. The third-order valence-corrected chi connectivity index (χ3v) is 3.08. The molecule has 0 aliphatic heterocycles. The number of nitrogens with one attached hydrogen (secondary N) is 2. The lowest BCUT2D eigenvalue weighted by atomic mass is 10.1. The first-order valence-corrected chi connectivity index (χ1v) is 6.60. The van der Waals surface area contributed by atoms with Crippen molar-refractivity contribution in [1.82, 2.24) is 10.3 Å². The van der Waals surface area contributed by atoms with Crippen molar-refractivity contribution in [2.45, 2.75) is 19.9 Å². The second-order valence-corrected chi connectivity index (χ2v) is 4.87. The van der Waals surface area contributed by atoms with Crippen molar-refractivity contribution in [3.8, 4) is 0 Å². The first-order chi connectivity index (χ1) is 9.15. The Morgan fingerprint density at radius 2 is 1.74 bits per heavy atom. The van der Waals surface area contributed by atoms with Crippen LogP contribution in [0.2, 0.25) is 0 Å². The lowest BCUT2D eigenvalue weighted by molar-refractivity contribution is 0.721. The van der Waals surface area contributed by atoms with E-state index in [-0.39, 0.29) is 6.04 Å². The molecule has 2 aromatic rings. The summed E-state index contributed by atoms with van der Waals surface area (Å²) in [5, 5.41) is 7.04. The van der Waals surface area contributed by atoms with Crippen molar-refractivity contribution >= 4 is 23.0 Å². The molecular weight excluding hydrogens is 254 g/mol. The summed E-state index contributed by atoms with van der Waals surface area (Å²) in [6.45, 7) is 4.13. The van der Waals surface area contributed by atoms with Crippen LogP contribution in [-0.2, 0) is 0 Å². The van der Waals surface area contributed by atoms with Crippen LogP contribution in [0.3, 0.4) is 0 Å². The molecule has 0 bridgehead atoms. The SMILES string of the molecule is Cc1ccc(NC(=S)N[C@H](C)c2ccncc2)cc1. The number of benzene rings is 1. The van der Waals surface area contributed by atoms with Gasteiger partial charge in [0.05, 0.1) is 6.04 Å². The third-order valence-electron chi connectivity index (χ3n) is 2.86. The zero-order valence-corrected chi connectivity index (χ0v) is 11.9. The second kappa shape index (κ2) is 6.29. The van der Waals surface area contributed by atoms with Crippen LogP contribution >= 0.6 is 12.2 Å². The molecule has 0 saturated carbocycles. The molecule has 2 rings (SSSR count). The van der Waals surface area contributed by atoms with E-state index in [0.29, 0.717) is 5.11 Å². The molecule has 0 unspecified atom stereocenters. The number of anilines is 1. The van der Waals surface area contributed by atoms with Gasteiger partial charge in [-0.05, 0) is 55.9 Å². The molecule has 3 nitrogen and oxygen atoms in total. The van der Waals surface area contributed by atoms with Gasteiger partial charge in [0, 0.05) is 18.1 Å². The maximum atomic E-state index is 5.31. The third kappa shape index (κ3) is 4.03. The molecule has 1 aromatic heterocycles. The van der Waals surface area contributed by atoms with Gasteiger partial charge in [0.1, 0.15) is 0 Å². The van der Waals surface area contributed by atoms with Gasteiger partial charge in [-0.2, -0.15) is 0 Å². The Kier molecular flexibility index (Phi) is 4.47. The molecule has 0 fully saturated rings. The van der Waals surface area contributed by atoms with Gasteiger partial charge >= 0.3 is 0 Å². The van der Waals surface area contributed by atoms with Gasteiger partial charge in [0.2, 0.25) is 0 Å². The van der Waals surface area contributed by atoms with Crippen LogP contribution in [0.1, 0.15) is 24.1 Å². The Morgan fingerprint density at radius 1 is 1.11 bits per heavy atom. The van der Waals surface area contributed by atoms with Crippen LogP contribution < -0.4 is 10.6 Å². The number of aryl methyl sites for hydroxylation is 1. The molecule has 0 saturated heterocycles. The van der Waals surface area contributed by atoms with Gasteiger partial charge in [0.25, 0.3) is 0 Å². The Morgan fingerprint density at radius 3 is 2.37 bits per heavy atom. The van der Waals surface area contributed by atoms with E-state index in [9.17, 15) is 0 Å². The fourth-order valence-corrected chi connectivity index (χ4v) is 2.03. The molecule has 4 heteroatoms. The number of hydrogen-bond donors (Lipinski definition) is 2. The zero-order chi connectivity index (χ0) is 13.7. The van der Waals surface area contributed by atoms with Crippen molar-refractivity contribution in [2.75, 3.05) is 5.32 Å². The highest BCUT2D eigenvalue weighted by Crippen LogP contribution is 2.12. The summed E-state index contributed by atoms with van der Waals surface area (Å²) in [5.41, 5.74) is 3.38. The van der Waals surface area contributed by atoms with Crippen LogP contribution in [0.5, 0.6) is 0 Å². The van der Waals surface area contributed by atoms with Crippen molar-refractivity contribution in [2.24, 2.45) is 0 Å². The van der Waals surface area contributed by atoms with E-state index in [2.05, 4.69) is 41.6 Å². The highest BCUT2D eigenvalue weighted by atomic mass is 32.1. The monoisotopic (exact) mass is 271 g/mol. The maximum absolute atomic E-state index is 5.31. The summed E-state index contributed by atoms with van der Waals surface area (Å²) in [7, 11) is 0. The van der Waals surface area contributed by atoms with E-state index in [4.69, 9.17) is 12.2 Å². The number of rotatable bonds is 3. The standard InChI is InChI=1S/C15H17N3S/c1-11-3-5-14(6-4-11)18-15(19)17-12(2)13-7-9-16-10-8-13/h3-10,12H,1-2H3,(H2,17,18,19)/t12-/m1/s1. The van der Waals surface area contributed by atoms with Gasteiger partial charge in [0.15, 0.2) is 5.11 Å². The van der Waals surface area contributed by atoms with E-state index in [0.717, 1.165) is 11.3 Å². The lowest BCUT2D eigenvalue weighted by Gasteiger charge is -2.17. The largest absolute Gasteiger partial charge is 0.356 e. The minimum absolute atomic E-state index is 0.147. The molecule has 0 aliphatic carbocycles. The van der Waals surface area contributed by atoms with Gasteiger partial charge < -0.3 is 10.6 Å². The van der Waals surface area contributed by atoms with Gasteiger partial charge in [-0.15, -0.1) is 0 Å². The molecule has 1 heterocycles. The van der Waals surface area contributed by atoms with Crippen molar-refractivity contribution in [1.29, 1.82) is 0 Å². The van der Waals surface area contributed by atoms with E-state index in [1.165, 1.54) is 5.56 Å². The quantitative estimate of drug-likeness (QED) is 0.839. The summed E-state index contributed by atoms with van der Waals surface area (Å²) in [4.78, 5) is 4.01. The fraction of sp³-hybridized carbons (Fsp3) is 0.200. The van der Waals surface area contributed by atoms with E-state index in [1.54, 1.807) is 12.4 Å². The lowest BCUT2D eigenvalue weighted by Crippen LogP contribution is -2.30. The summed E-state index contributed by atoms with van der Waals surface area (Å²) in [6.07, 6.45) is 3.56.